The molecule has 5 nitrogen and oxygen atoms in total. The highest BCUT2D eigenvalue weighted by Gasteiger charge is 2.42. The van der Waals surface area contributed by atoms with E-state index in [0.717, 1.165) is 36.8 Å². The average Bonchev–Trinajstić information content (AvgIpc) is 2.99. The van der Waals surface area contributed by atoms with Crippen molar-refractivity contribution in [2.45, 2.75) is 78.0 Å². The lowest BCUT2D eigenvalue weighted by molar-refractivity contribution is -0.206. The van der Waals surface area contributed by atoms with Crippen LogP contribution >= 0.6 is 0 Å². The normalized spacial score (nSPS) is 13.7. The van der Waals surface area contributed by atoms with Gasteiger partial charge in [0.05, 0.1) is 17.7 Å². The number of benzene rings is 3. The van der Waals surface area contributed by atoms with Crippen LogP contribution in [0.15, 0.2) is 72.8 Å². The fourth-order valence-electron chi connectivity index (χ4n) is 4.80. The molecule has 3 aromatic rings. The van der Waals surface area contributed by atoms with E-state index in [0.29, 0.717) is 25.0 Å². The van der Waals surface area contributed by atoms with Gasteiger partial charge in [0.15, 0.2) is 6.10 Å². The molecule has 0 heterocycles. The first-order chi connectivity index (χ1) is 20.5. The van der Waals surface area contributed by atoms with Gasteiger partial charge < -0.3 is 14.2 Å². The molecule has 43 heavy (non-hydrogen) atoms. The monoisotopic (exact) mass is 598 g/mol. The molecule has 0 aromatic heterocycles. The average molecular weight is 599 g/mol. The second-order valence-electron chi connectivity index (χ2n) is 11.2. The van der Waals surface area contributed by atoms with E-state index in [1.165, 1.54) is 29.8 Å². The topological polar surface area (TPSA) is 61.8 Å². The molecule has 0 amide bonds. The number of esters is 2. The van der Waals surface area contributed by atoms with Crippen molar-refractivity contribution in [3.05, 3.63) is 89.5 Å². The van der Waals surface area contributed by atoms with Crippen LogP contribution in [-0.4, -0.2) is 37.9 Å². The van der Waals surface area contributed by atoms with Gasteiger partial charge in [-0.3, -0.25) is 0 Å². The number of hydrogen-bond donors (Lipinski definition) is 0. The Kier molecular flexibility index (Phi) is 12.4. The minimum Gasteiger partial charge on any atom is -0.449 e. The van der Waals surface area contributed by atoms with Crippen LogP contribution in [0.5, 0.6) is 5.75 Å². The molecular formula is C35H41F3O5. The number of carbonyl (C=O) groups is 2. The van der Waals surface area contributed by atoms with Crippen LogP contribution in [0.4, 0.5) is 13.2 Å². The molecule has 0 fully saturated rings. The van der Waals surface area contributed by atoms with E-state index in [9.17, 15) is 22.8 Å². The van der Waals surface area contributed by atoms with Gasteiger partial charge in [0.25, 0.3) is 0 Å². The first-order valence-corrected chi connectivity index (χ1v) is 14.8. The maximum Gasteiger partial charge on any atom is 0.425 e. The maximum atomic E-state index is 13.4. The van der Waals surface area contributed by atoms with E-state index in [1.807, 2.05) is 19.1 Å². The van der Waals surface area contributed by atoms with Crippen molar-refractivity contribution in [1.29, 1.82) is 0 Å². The van der Waals surface area contributed by atoms with E-state index in [4.69, 9.17) is 14.2 Å². The first-order valence-electron chi connectivity index (χ1n) is 14.8. The molecule has 8 heteroatoms. The van der Waals surface area contributed by atoms with Gasteiger partial charge in [0, 0.05) is 7.11 Å². The lowest BCUT2D eigenvalue weighted by Gasteiger charge is -2.27. The van der Waals surface area contributed by atoms with E-state index >= 15 is 0 Å². The Morgan fingerprint density at radius 1 is 0.767 bits per heavy atom. The summed E-state index contributed by atoms with van der Waals surface area (Å²) in [4.78, 5) is 25.1. The number of ether oxygens (including phenoxy) is 3. The third kappa shape index (κ3) is 10.2. The minimum absolute atomic E-state index is 0.0593. The van der Waals surface area contributed by atoms with Gasteiger partial charge in [-0.05, 0) is 84.2 Å². The lowest BCUT2D eigenvalue weighted by Crippen LogP contribution is -2.33. The van der Waals surface area contributed by atoms with Crippen molar-refractivity contribution in [3.8, 4) is 16.9 Å². The van der Waals surface area contributed by atoms with Gasteiger partial charge in [0.1, 0.15) is 5.75 Å². The van der Waals surface area contributed by atoms with Crippen LogP contribution in [-0.2, 0) is 15.9 Å². The first kappa shape index (κ1) is 33.8. The Balaban J connectivity index is 1.58. The van der Waals surface area contributed by atoms with E-state index in [2.05, 4.69) is 38.1 Å². The Labute approximate surface area is 252 Å². The highest BCUT2D eigenvalue weighted by atomic mass is 19.4. The Bertz CT molecular complexity index is 1300. The smallest absolute Gasteiger partial charge is 0.425 e. The lowest BCUT2D eigenvalue weighted by atomic mass is 9.82. The van der Waals surface area contributed by atoms with Gasteiger partial charge in [-0.1, -0.05) is 76.4 Å². The zero-order valence-corrected chi connectivity index (χ0v) is 25.3. The Morgan fingerprint density at radius 3 is 1.86 bits per heavy atom. The predicted molar refractivity (Wildman–Crippen MR) is 161 cm³/mol. The van der Waals surface area contributed by atoms with Crippen LogP contribution in [0.2, 0.25) is 0 Å². The maximum absolute atomic E-state index is 13.4. The molecule has 0 saturated carbocycles. The van der Waals surface area contributed by atoms with Crippen molar-refractivity contribution in [2.75, 3.05) is 13.7 Å². The van der Waals surface area contributed by atoms with Crippen LogP contribution in [0.1, 0.15) is 85.6 Å². The van der Waals surface area contributed by atoms with Crippen molar-refractivity contribution in [3.63, 3.8) is 0 Å². The van der Waals surface area contributed by atoms with Crippen LogP contribution in [0.25, 0.3) is 11.1 Å². The van der Waals surface area contributed by atoms with Gasteiger partial charge >= 0.3 is 18.1 Å². The highest BCUT2D eigenvalue weighted by molar-refractivity contribution is 5.92. The number of hydrogen-bond acceptors (Lipinski definition) is 5. The zero-order chi connectivity index (χ0) is 31.5. The molecule has 232 valence electrons. The fraction of sp³-hybridized carbons (Fsp3) is 0.429. The number of halogens is 3. The fourth-order valence-corrected chi connectivity index (χ4v) is 4.80. The number of carbonyl (C=O) groups excluding carboxylic acids is 2. The molecule has 2 unspecified atom stereocenters. The van der Waals surface area contributed by atoms with Crippen LogP contribution in [0.3, 0.4) is 0 Å². The second kappa shape index (κ2) is 15.7. The molecule has 0 radical (unpaired) electrons. The van der Waals surface area contributed by atoms with E-state index in [1.54, 1.807) is 19.2 Å². The molecule has 3 aromatic carbocycles. The quantitative estimate of drug-likeness (QED) is 0.0991. The largest absolute Gasteiger partial charge is 0.449 e. The summed E-state index contributed by atoms with van der Waals surface area (Å²) < 4.78 is 55.7. The predicted octanol–water partition coefficient (Wildman–Crippen LogP) is 9.24. The number of alkyl halides is 3. The van der Waals surface area contributed by atoms with E-state index < -0.39 is 24.2 Å². The van der Waals surface area contributed by atoms with E-state index in [-0.39, 0.29) is 23.1 Å². The van der Waals surface area contributed by atoms with Crippen LogP contribution in [0, 0.1) is 5.41 Å². The van der Waals surface area contributed by atoms with Crippen molar-refractivity contribution < 1.29 is 37.0 Å². The summed E-state index contributed by atoms with van der Waals surface area (Å²) >= 11 is 0. The van der Waals surface area contributed by atoms with Crippen molar-refractivity contribution in [1.82, 2.24) is 0 Å². The Morgan fingerprint density at radius 2 is 1.33 bits per heavy atom. The molecule has 2 atom stereocenters. The number of rotatable bonds is 15. The molecule has 0 spiro atoms. The molecule has 0 saturated heterocycles. The third-order valence-corrected chi connectivity index (χ3v) is 7.62. The van der Waals surface area contributed by atoms with Gasteiger partial charge in [0.2, 0.25) is 0 Å². The summed E-state index contributed by atoms with van der Waals surface area (Å²) in [6.07, 6.45) is -2.47. The number of methoxy groups -OCH3 is 1. The summed E-state index contributed by atoms with van der Waals surface area (Å²) in [5, 5.41) is 0. The Hall–Kier alpha value is -3.65. The zero-order valence-electron chi connectivity index (χ0n) is 25.3. The minimum atomic E-state index is -4.64. The molecule has 0 aliphatic heterocycles. The van der Waals surface area contributed by atoms with Gasteiger partial charge in [-0.15, -0.1) is 0 Å². The SMILES string of the molecule is CCCCCCC(OC(=O)c1ccc(OC(=O)c2ccc(-c3ccc(CC(C)(CC)COC)cc3)cc2)cc1)C(F)(F)F. The van der Waals surface area contributed by atoms with Gasteiger partial charge in [-0.25, -0.2) is 9.59 Å². The molecular weight excluding hydrogens is 557 g/mol. The molecule has 0 bridgehead atoms. The number of unbranched alkanes of at least 4 members (excludes halogenated alkanes) is 3. The third-order valence-electron chi connectivity index (χ3n) is 7.62. The van der Waals surface area contributed by atoms with Crippen molar-refractivity contribution in [2.24, 2.45) is 5.41 Å². The molecule has 0 N–H and O–H groups in total. The molecule has 0 aliphatic carbocycles. The summed E-state index contributed by atoms with van der Waals surface area (Å²) in [5.74, 6) is -1.52. The summed E-state index contributed by atoms with van der Waals surface area (Å²) in [6, 6.07) is 20.6. The molecule has 0 aliphatic rings. The van der Waals surface area contributed by atoms with Crippen LogP contribution < -0.4 is 4.74 Å². The second-order valence-corrected chi connectivity index (χ2v) is 11.2. The summed E-state index contributed by atoms with van der Waals surface area (Å²) in [6.45, 7) is 7.04. The van der Waals surface area contributed by atoms with Crippen molar-refractivity contribution >= 4 is 11.9 Å². The highest BCUT2D eigenvalue weighted by Crippen LogP contribution is 2.30. The summed E-state index contributed by atoms with van der Waals surface area (Å²) in [7, 11) is 1.72. The standard InChI is InChI=1S/C35H41F3O5/c1-5-7-8-9-10-31(35(36,37)38)43-33(40)29-19-21-30(22-20-29)42-32(39)28-17-15-27(16-18-28)26-13-11-25(12-14-26)23-34(3,6-2)24-41-4/h11-22,31H,5-10,23-24H2,1-4H3. The summed E-state index contributed by atoms with van der Waals surface area (Å²) in [5.41, 5.74) is 3.54. The molecule has 3 rings (SSSR count). The van der Waals surface area contributed by atoms with Gasteiger partial charge in [-0.2, -0.15) is 13.2 Å².